The molecule has 1 atom stereocenters. The summed E-state index contributed by atoms with van der Waals surface area (Å²) in [5.74, 6) is -0.349. The third-order valence-corrected chi connectivity index (χ3v) is 5.65. The second kappa shape index (κ2) is 7.15. The maximum Gasteiger partial charge on any atom is 0.269 e. The van der Waals surface area contributed by atoms with Gasteiger partial charge in [0.2, 0.25) is 5.91 Å². The van der Waals surface area contributed by atoms with Crippen LogP contribution >= 0.6 is 0 Å². The van der Waals surface area contributed by atoms with Crippen LogP contribution in [-0.2, 0) is 11.3 Å². The van der Waals surface area contributed by atoms with E-state index in [4.69, 9.17) is 0 Å². The van der Waals surface area contributed by atoms with Gasteiger partial charge in [-0.3, -0.25) is 14.9 Å². The van der Waals surface area contributed by atoms with Gasteiger partial charge < -0.3 is 9.88 Å². The SMILES string of the molecule is O=C1CC(c2cccc([N+](=O)[O-])c2)c2cn(Cc3ccccc3)c3cccc(c23)N1. The summed E-state index contributed by atoms with van der Waals surface area (Å²) < 4.78 is 2.19. The van der Waals surface area contributed by atoms with Crippen LogP contribution < -0.4 is 5.32 Å². The van der Waals surface area contributed by atoms with Crippen LogP contribution in [0, 0.1) is 10.1 Å². The summed E-state index contributed by atoms with van der Waals surface area (Å²) in [6.07, 6.45) is 2.32. The monoisotopic (exact) mass is 397 g/mol. The number of nitrogens with one attached hydrogen (secondary N) is 1. The number of rotatable bonds is 4. The molecule has 0 aliphatic carbocycles. The van der Waals surface area contributed by atoms with Gasteiger partial charge in [0.05, 0.1) is 16.1 Å². The van der Waals surface area contributed by atoms with Crippen LogP contribution in [0.1, 0.15) is 29.0 Å². The third-order valence-electron chi connectivity index (χ3n) is 5.65. The van der Waals surface area contributed by atoms with Gasteiger partial charge in [-0.1, -0.05) is 48.5 Å². The van der Waals surface area contributed by atoms with Crippen molar-refractivity contribution in [3.8, 4) is 0 Å². The zero-order chi connectivity index (χ0) is 20.7. The second-order valence-electron chi connectivity index (χ2n) is 7.55. The Morgan fingerprint density at radius 1 is 1.03 bits per heavy atom. The molecule has 0 radical (unpaired) electrons. The van der Waals surface area contributed by atoms with E-state index in [0.29, 0.717) is 6.54 Å². The summed E-state index contributed by atoms with van der Waals surface area (Å²) in [5.41, 5.74) is 4.81. The van der Waals surface area contributed by atoms with Gasteiger partial charge in [0.1, 0.15) is 0 Å². The summed E-state index contributed by atoms with van der Waals surface area (Å²) in [6, 6.07) is 22.7. The Bertz CT molecular complexity index is 1280. The lowest BCUT2D eigenvalue weighted by Gasteiger charge is -2.14. The van der Waals surface area contributed by atoms with E-state index in [1.165, 1.54) is 11.6 Å². The molecule has 6 heteroatoms. The van der Waals surface area contributed by atoms with Crippen molar-refractivity contribution in [1.82, 2.24) is 4.57 Å². The van der Waals surface area contributed by atoms with Crippen molar-refractivity contribution in [2.75, 3.05) is 5.32 Å². The van der Waals surface area contributed by atoms with Crippen LogP contribution in [0.5, 0.6) is 0 Å². The number of nitrogens with zero attached hydrogens (tertiary/aromatic N) is 2. The first kappa shape index (κ1) is 18.1. The van der Waals surface area contributed by atoms with Crippen LogP contribution in [0.15, 0.2) is 79.0 Å². The summed E-state index contributed by atoms with van der Waals surface area (Å²) in [5, 5.41) is 15.3. The van der Waals surface area contributed by atoms with E-state index in [2.05, 4.69) is 28.2 Å². The van der Waals surface area contributed by atoms with Crippen LogP contribution in [0.2, 0.25) is 0 Å². The predicted octanol–water partition coefficient (Wildman–Crippen LogP) is 5.07. The first-order valence-corrected chi connectivity index (χ1v) is 9.80. The number of aromatic nitrogens is 1. The van der Waals surface area contributed by atoms with Gasteiger partial charge >= 0.3 is 0 Å². The quantitative estimate of drug-likeness (QED) is 0.386. The highest BCUT2D eigenvalue weighted by atomic mass is 16.6. The Hall–Kier alpha value is -3.93. The first-order valence-electron chi connectivity index (χ1n) is 9.80. The molecular formula is C24H19N3O3. The van der Waals surface area contributed by atoms with E-state index >= 15 is 0 Å². The van der Waals surface area contributed by atoms with Gasteiger partial charge in [-0.2, -0.15) is 0 Å². The van der Waals surface area contributed by atoms with Gasteiger partial charge in [0, 0.05) is 42.6 Å². The maximum atomic E-state index is 12.6. The Kier molecular flexibility index (Phi) is 4.32. The highest BCUT2D eigenvalue weighted by molar-refractivity contribution is 6.06. The van der Waals surface area contributed by atoms with Crippen molar-refractivity contribution in [2.45, 2.75) is 18.9 Å². The molecule has 1 N–H and O–H groups in total. The first-order chi connectivity index (χ1) is 14.6. The Morgan fingerprint density at radius 2 is 1.83 bits per heavy atom. The molecule has 4 aromatic rings. The highest BCUT2D eigenvalue weighted by Crippen LogP contribution is 2.41. The van der Waals surface area contributed by atoms with Crippen LogP contribution in [-0.4, -0.2) is 15.4 Å². The molecule has 1 amide bonds. The lowest BCUT2D eigenvalue weighted by atomic mass is 9.88. The fourth-order valence-corrected chi connectivity index (χ4v) is 4.31. The summed E-state index contributed by atoms with van der Waals surface area (Å²) in [7, 11) is 0. The fourth-order valence-electron chi connectivity index (χ4n) is 4.31. The van der Waals surface area contributed by atoms with E-state index < -0.39 is 4.92 Å². The summed E-state index contributed by atoms with van der Waals surface area (Å²) >= 11 is 0. The molecule has 148 valence electrons. The zero-order valence-corrected chi connectivity index (χ0v) is 16.1. The van der Waals surface area contributed by atoms with E-state index in [-0.39, 0.29) is 23.9 Å². The van der Waals surface area contributed by atoms with Gasteiger partial charge in [-0.15, -0.1) is 0 Å². The minimum atomic E-state index is -0.398. The van der Waals surface area contributed by atoms with Crippen LogP contribution in [0.3, 0.4) is 0 Å². The van der Waals surface area contributed by atoms with Gasteiger partial charge in [-0.25, -0.2) is 0 Å². The smallest absolute Gasteiger partial charge is 0.269 e. The maximum absolute atomic E-state index is 12.6. The largest absolute Gasteiger partial charge is 0.343 e. The second-order valence-corrected chi connectivity index (χ2v) is 7.55. The molecule has 0 saturated carbocycles. The summed E-state index contributed by atoms with van der Waals surface area (Å²) in [4.78, 5) is 23.5. The topological polar surface area (TPSA) is 77.2 Å². The molecule has 0 spiro atoms. The normalized spacial score (nSPS) is 15.6. The minimum Gasteiger partial charge on any atom is -0.343 e. The van der Waals surface area contributed by atoms with E-state index in [1.54, 1.807) is 12.1 Å². The Balaban J connectivity index is 1.69. The molecule has 1 aliphatic rings. The number of amides is 1. The minimum absolute atomic E-state index is 0.0328. The van der Waals surface area contributed by atoms with Crippen molar-refractivity contribution in [2.24, 2.45) is 0 Å². The average Bonchev–Trinajstić information content (AvgIpc) is 3.04. The Morgan fingerprint density at radius 3 is 2.63 bits per heavy atom. The number of nitro groups is 1. The third kappa shape index (κ3) is 3.12. The molecular weight excluding hydrogens is 378 g/mol. The standard InChI is InChI=1S/C24H19N3O3/c28-23-13-19(17-8-4-9-18(12-17)27(29)30)20-15-26(14-16-6-2-1-3-7-16)22-11-5-10-21(25-23)24(20)22/h1-12,15,19H,13-14H2,(H,25,28). The summed E-state index contributed by atoms with van der Waals surface area (Å²) in [6.45, 7) is 0.705. The lowest BCUT2D eigenvalue weighted by molar-refractivity contribution is -0.384. The van der Waals surface area contributed by atoms with E-state index in [0.717, 1.165) is 27.7 Å². The molecule has 0 saturated heterocycles. The van der Waals surface area contributed by atoms with Crippen LogP contribution in [0.4, 0.5) is 11.4 Å². The number of hydrogen-bond donors (Lipinski definition) is 1. The molecule has 3 aromatic carbocycles. The molecule has 0 fully saturated rings. The molecule has 6 nitrogen and oxygen atoms in total. The van der Waals surface area contributed by atoms with Crippen molar-refractivity contribution in [3.05, 3.63) is 106 Å². The number of non-ortho nitro benzene ring substituents is 1. The Labute approximate surface area is 172 Å². The number of carbonyl (C=O) groups excluding carboxylic acids is 1. The number of anilines is 1. The number of nitro benzene ring substituents is 1. The van der Waals surface area contributed by atoms with Gasteiger partial charge in [0.25, 0.3) is 5.69 Å². The van der Waals surface area contributed by atoms with Crippen molar-refractivity contribution in [1.29, 1.82) is 0 Å². The van der Waals surface area contributed by atoms with Crippen molar-refractivity contribution >= 4 is 28.2 Å². The fraction of sp³-hybridized carbons (Fsp3) is 0.125. The van der Waals surface area contributed by atoms with E-state index in [9.17, 15) is 14.9 Å². The van der Waals surface area contributed by atoms with Gasteiger partial charge in [-0.05, 0) is 28.8 Å². The number of carbonyl (C=O) groups is 1. The van der Waals surface area contributed by atoms with E-state index in [1.807, 2.05) is 42.5 Å². The van der Waals surface area contributed by atoms with Crippen molar-refractivity contribution < 1.29 is 9.72 Å². The molecule has 5 rings (SSSR count). The van der Waals surface area contributed by atoms with Gasteiger partial charge in [0.15, 0.2) is 0 Å². The predicted molar refractivity (Wildman–Crippen MR) is 116 cm³/mol. The highest BCUT2D eigenvalue weighted by Gasteiger charge is 2.28. The lowest BCUT2D eigenvalue weighted by Crippen LogP contribution is -2.14. The molecule has 1 unspecified atom stereocenters. The molecule has 1 aliphatic heterocycles. The molecule has 0 bridgehead atoms. The number of benzene rings is 3. The van der Waals surface area contributed by atoms with Crippen molar-refractivity contribution in [3.63, 3.8) is 0 Å². The number of hydrogen-bond acceptors (Lipinski definition) is 3. The zero-order valence-electron chi connectivity index (χ0n) is 16.1. The average molecular weight is 397 g/mol. The van der Waals surface area contributed by atoms with Crippen LogP contribution in [0.25, 0.3) is 10.9 Å². The molecule has 1 aromatic heterocycles. The molecule has 2 heterocycles. The molecule has 30 heavy (non-hydrogen) atoms.